The quantitative estimate of drug-likeness (QED) is 0.618. The number of rotatable bonds is 2. The first kappa shape index (κ1) is 10.4. The van der Waals surface area contributed by atoms with Gasteiger partial charge in [-0.05, 0) is 25.2 Å². The summed E-state index contributed by atoms with van der Waals surface area (Å²) in [6, 6.07) is 0. The van der Waals surface area contributed by atoms with Gasteiger partial charge in [0.15, 0.2) is 0 Å². The summed E-state index contributed by atoms with van der Waals surface area (Å²) < 4.78 is 0. The van der Waals surface area contributed by atoms with Gasteiger partial charge >= 0.3 is 0 Å². The average molecular weight is 186 g/mol. The Morgan fingerprint density at radius 2 is 1.83 bits per heavy atom. The first-order valence-electron chi connectivity index (χ1n) is 5.51. The summed E-state index contributed by atoms with van der Waals surface area (Å²) in [6.07, 6.45) is 11.3. The van der Waals surface area contributed by atoms with E-state index < -0.39 is 0 Å². The second kappa shape index (κ2) is 5.90. The molecule has 0 radical (unpaired) electrons. The van der Waals surface area contributed by atoms with Crippen LogP contribution >= 0.6 is 12.6 Å². The molecule has 1 aliphatic rings. The molecule has 1 fully saturated rings. The van der Waals surface area contributed by atoms with Gasteiger partial charge in [-0.3, -0.25) is 0 Å². The molecule has 12 heavy (non-hydrogen) atoms. The van der Waals surface area contributed by atoms with E-state index in [0.717, 1.165) is 5.92 Å². The zero-order valence-corrected chi connectivity index (χ0v) is 9.15. The first-order valence-corrected chi connectivity index (χ1v) is 6.02. The summed E-state index contributed by atoms with van der Waals surface area (Å²) in [5, 5.41) is 0.699. The van der Waals surface area contributed by atoms with Crippen LogP contribution in [0.4, 0.5) is 0 Å². The molecule has 0 N–H and O–H groups in total. The van der Waals surface area contributed by atoms with Gasteiger partial charge in [-0.2, -0.15) is 12.6 Å². The van der Waals surface area contributed by atoms with Crippen molar-refractivity contribution in [3.8, 4) is 0 Å². The fourth-order valence-corrected chi connectivity index (χ4v) is 2.56. The van der Waals surface area contributed by atoms with Crippen LogP contribution in [0.3, 0.4) is 0 Å². The normalized spacial score (nSPS) is 32.5. The summed E-state index contributed by atoms with van der Waals surface area (Å²) in [4.78, 5) is 0. The van der Waals surface area contributed by atoms with Crippen LogP contribution in [0, 0.1) is 5.92 Å². The lowest BCUT2D eigenvalue weighted by Gasteiger charge is -2.21. The highest BCUT2D eigenvalue weighted by atomic mass is 32.1. The van der Waals surface area contributed by atoms with E-state index in [0.29, 0.717) is 5.25 Å². The summed E-state index contributed by atoms with van der Waals surface area (Å²) in [5.41, 5.74) is 0. The minimum Gasteiger partial charge on any atom is -0.176 e. The van der Waals surface area contributed by atoms with Gasteiger partial charge in [0.05, 0.1) is 0 Å². The van der Waals surface area contributed by atoms with Crippen molar-refractivity contribution in [2.75, 3.05) is 0 Å². The highest BCUT2D eigenvalue weighted by Crippen LogP contribution is 2.27. The van der Waals surface area contributed by atoms with Crippen molar-refractivity contribution >= 4 is 12.6 Å². The third kappa shape index (κ3) is 3.84. The van der Waals surface area contributed by atoms with E-state index in [1.54, 1.807) is 0 Å². The zero-order valence-electron chi connectivity index (χ0n) is 8.26. The number of thiol groups is 1. The highest BCUT2D eigenvalue weighted by Gasteiger charge is 2.13. The Labute approximate surface area is 82.5 Å². The van der Waals surface area contributed by atoms with Crippen LogP contribution in [-0.4, -0.2) is 5.25 Å². The minimum absolute atomic E-state index is 0.699. The van der Waals surface area contributed by atoms with Gasteiger partial charge in [0.25, 0.3) is 0 Å². The van der Waals surface area contributed by atoms with Crippen molar-refractivity contribution in [2.24, 2.45) is 5.92 Å². The maximum absolute atomic E-state index is 4.59. The molecule has 2 atom stereocenters. The predicted octanol–water partition coefficient (Wildman–Crippen LogP) is 4.06. The molecule has 0 aromatic heterocycles. The fraction of sp³-hybridized carbons (Fsp3) is 1.00. The van der Waals surface area contributed by atoms with Gasteiger partial charge in [-0.15, -0.1) is 0 Å². The van der Waals surface area contributed by atoms with E-state index in [4.69, 9.17) is 0 Å². The van der Waals surface area contributed by atoms with Crippen molar-refractivity contribution in [3.05, 3.63) is 0 Å². The predicted molar refractivity (Wildman–Crippen MR) is 58.9 cm³/mol. The highest BCUT2D eigenvalue weighted by molar-refractivity contribution is 7.80. The molecular formula is C11H22S. The SMILES string of the molecule is CCCC1CCCCC(S)CC1. The molecular weight excluding hydrogens is 164 g/mol. The Balaban J connectivity index is 2.24. The van der Waals surface area contributed by atoms with Gasteiger partial charge in [0.1, 0.15) is 0 Å². The van der Waals surface area contributed by atoms with Crippen LogP contribution < -0.4 is 0 Å². The molecule has 0 spiro atoms. The molecule has 0 amide bonds. The lowest BCUT2D eigenvalue weighted by Crippen LogP contribution is -2.09. The smallest absolute Gasteiger partial charge is 0.00169 e. The molecule has 0 bridgehead atoms. The molecule has 0 saturated heterocycles. The van der Waals surface area contributed by atoms with E-state index in [1.807, 2.05) is 0 Å². The van der Waals surface area contributed by atoms with Crippen molar-refractivity contribution in [3.63, 3.8) is 0 Å². The Morgan fingerprint density at radius 3 is 2.58 bits per heavy atom. The van der Waals surface area contributed by atoms with Gasteiger partial charge < -0.3 is 0 Å². The number of hydrogen-bond acceptors (Lipinski definition) is 1. The van der Waals surface area contributed by atoms with E-state index in [2.05, 4.69) is 19.6 Å². The summed E-state index contributed by atoms with van der Waals surface area (Å²) in [7, 11) is 0. The topological polar surface area (TPSA) is 0 Å². The fourth-order valence-electron chi connectivity index (χ4n) is 2.23. The third-order valence-corrected chi connectivity index (χ3v) is 3.52. The van der Waals surface area contributed by atoms with Crippen LogP contribution in [-0.2, 0) is 0 Å². The van der Waals surface area contributed by atoms with Crippen molar-refractivity contribution in [2.45, 2.75) is 63.5 Å². The van der Waals surface area contributed by atoms with Crippen LogP contribution in [0.25, 0.3) is 0 Å². The molecule has 2 unspecified atom stereocenters. The maximum Gasteiger partial charge on any atom is 0.00169 e. The molecule has 0 nitrogen and oxygen atoms in total. The Morgan fingerprint density at radius 1 is 1.08 bits per heavy atom. The second-order valence-electron chi connectivity index (χ2n) is 4.17. The first-order chi connectivity index (χ1) is 5.83. The van der Waals surface area contributed by atoms with Gasteiger partial charge in [0.2, 0.25) is 0 Å². The number of hydrogen-bond donors (Lipinski definition) is 1. The molecule has 1 heteroatoms. The van der Waals surface area contributed by atoms with E-state index in [-0.39, 0.29) is 0 Å². The van der Waals surface area contributed by atoms with Gasteiger partial charge in [-0.1, -0.05) is 39.0 Å². The third-order valence-electron chi connectivity index (χ3n) is 3.00. The standard InChI is InChI=1S/C11H22S/c1-2-5-10-6-3-4-7-11(12)9-8-10/h10-12H,2-9H2,1H3. The maximum atomic E-state index is 4.59. The zero-order chi connectivity index (χ0) is 8.81. The van der Waals surface area contributed by atoms with Crippen molar-refractivity contribution < 1.29 is 0 Å². The van der Waals surface area contributed by atoms with Crippen LogP contribution in [0.2, 0.25) is 0 Å². The molecule has 0 aromatic rings. The van der Waals surface area contributed by atoms with Crippen LogP contribution in [0.1, 0.15) is 58.3 Å². The van der Waals surface area contributed by atoms with Gasteiger partial charge in [-0.25, -0.2) is 0 Å². The van der Waals surface area contributed by atoms with E-state index in [9.17, 15) is 0 Å². The minimum atomic E-state index is 0.699. The second-order valence-corrected chi connectivity index (χ2v) is 4.90. The van der Waals surface area contributed by atoms with E-state index in [1.165, 1.54) is 51.4 Å². The Bertz CT molecular complexity index is 112. The van der Waals surface area contributed by atoms with Crippen molar-refractivity contribution in [1.82, 2.24) is 0 Å². The van der Waals surface area contributed by atoms with E-state index >= 15 is 0 Å². The largest absolute Gasteiger partial charge is 0.176 e. The van der Waals surface area contributed by atoms with Crippen molar-refractivity contribution in [1.29, 1.82) is 0 Å². The molecule has 0 heterocycles. The summed E-state index contributed by atoms with van der Waals surface area (Å²) in [6.45, 7) is 2.30. The molecule has 0 aliphatic heterocycles. The van der Waals surface area contributed by atoms with Crippen LogP contribution in [0.5, 0.6) is 0 Å². The summed E-state index contributed by atoms with van der Waals surface area (Å²) in [5.74, 6) is 1.02. The average Bonchev–Trinajstić information content (AvgIpc) is 2.04. The lowest BCUT2D eigenvalue weighted by molar-refractivity contribution is 0.360. The molecule has 1 rings (SSSR count). The summed E-state index contributed by atoms with van der Waals surface area (Å²) >= 11 is 4.59. The lowest BCUT2D eigenvalue weighted by atomic mass is 9.88. The Hall–Kier alpha value is 0.350. The van der Waals surface area contributed by atoms with Crippen LogP contribution in [0.15, 0.2) is 0 Å². The monoisotopic (exact) mass is 186 g/mol. The molecule has 1 saturated carbocycles. The van der Waals surface area contributed by atoms with Gasteiger partial charge in [0, 0.05) is 5.25 Å². The molecule has 72 valence electrons. The molecule has 0 aromatic carbocycles. The molecule has 1 aliphatic carbocycles. The Kier molecular flexibility index (Phi) is 5.13.